The van der Waals surface area contributed by atoms with E-state index in [1.54, 1.807) is 0 Å². The molecule has 2 rings (SSSR count). The number of hydrogen-bond acceptors (Lipinski definition) is 2. The van der Waals surface area contributed by atoms with Crippen LogP contribution in [-0.4, -0.2) is 19.0 Å². The van der Waals surface area contributed by atoms with Gasteiger partial charge in [0.05, 0.1) is 0 Å². The molecule has 1 fully saturated rings. The maximum atomic E-state index is 12.2. The molecule has 18 heavy (non-hydrogen) atoms. The Kier molecular flexibility index (Phi) is 4.25. The molecule has 0 aliphatic carbocycles. The van der Waals surface area contributed by atoms with Gasteiger partial charge in [0.2, 0.25) is 5.91 Å². The maximum Gasteiger partial charge on any atom is 0.226 e. The third-order valence-electron chi connectivity index (χ3n) is 3.62. The maximum absolute atomic E-state index is 12.2. The number of piperidine rings is 1. The quantitative estimate of drug-likeness (QED) is 0.882. The van der Waals surface area contributed by atoms with Crippen LogP contribution in [0.5, 0.6) is 0 Å². The van der Waals surface area contributed by atoms with Crippen LogP contribution in [0.15, 0.2) is 24.3 Å². The number of rotatable bonds is 3. The minimum atomic E-state index is -0.225. The molecule has 0 spiro atoms. The number of nitrogens with one attached hydrogen (secondary N) is 2. The third kappa shape index (κ3) is 3.24. The van der Waals surface area contributed by atoms with Gasteiger partial charge in [-0.1, -0.05) is 30.7 Å². The molecule has 0 unspecified atom stereocenters. The van der Waals surface area contributed by atoms with E-state index in [1.165, 1.54) is 0 Å². The van der Waals surface area contributed by atoms with E-state index in [0.29, 0.717) is 6.54 Å². The van der Waals surface area contributed by atoms with Crippen LogP contribution in [-0.2, 0) is 11.3 Å². The van der Waals surface area contributed by atoms with Gasteiger partial charge in [-0.25, -0.2) is 0 Å². The number of carbonyl (C=O) groups is 1. The van der Waals surface area contributed by atoms with Crippen molar-refractivity contribution >= 4 is 17.5 Å². The van der Waals surface area contributed by atoms with E-state index in [-0.39, 0.29) is 11.3 Å². The molecule has 2 N–H and O–H groups in total. The Hall–Kier alpha value is -1.06. The number of carbonyl (C=O) groups excluding carboxylic acids is 1. The van der Waals surface area contributed by atoms with Crippen molar-refractivity contribution in [1.29, 1.82) is 0 Å². The lowest BCUT2D eigenvalue weighted by Crippen LogP contribution is -2.45. The molecule has 0 radical (unpaired) electrons. The molecule has 1 aliphatic heterocycles. The summed E-state index contributed by atoms with van der Waals surface area (Å²) in [5, 5.41) is 7.02. The highest BCUT2D eigenvalue weighted by atomic mass is 35.5. The van der Waals surface area contributed by atoms with Gasteiger partial charge in [-0.05, 0) is 43.6 Å². The molecule has 0 bridgehead atoms. The van der Waals surface area contributed by atoms with Crippen molar-refractivity contribution in [2.45, 2.75) is 26.3 Å². The Balaban J connectivity index is 1.89. The largest absolute Gasteiger partial charge is 0.352 e. The minimum absolute atomic E-state index is 0.152. The molecular weight excluding hydrogens is 248 g/mol. The van der Waals surface area contributed by atoms with Crippen molar-refractivity contribution in [3.05, 3.63) is 34.9 Å². The second-order valence-corrected chi connectivity index (χ2v) is 5.56. The highest BCUT2D eigenvalue weighted by Gasteiger charge is 2.34. The van der Waals surface area contributed by atoms with Gasteiger partial charge >= 0.3 is 0 Å². The molecule has 1 amide bonds. The van der Waals surface area contributed by atoms with Crippen LogP contribution in [0.1, 0.15) is 25.3 Å². The van der Waals surface area contributed by atoms with Crippen molar-refractivity contribution in [3.63, 3.8) is 0 Å². The predicted molar refractivity (Wildman–Crippen MR) is 73.5 cm³/mol. The summed E-state index contributed by atoms with van der Waals surface area (Å²) in [6, 6.07) is 7.56. The first-order chi connectivity index (χ1) is 8.60. The average molecular weight is 267 g/mol. The van der Waals surface area contributed by atoms with Crippen molar-refractivity contribution < 1.29 is 4.79 Å². The third-order valence-corrected chi connectivity index (χ3v) is 3.87. The number of amides is 1. The molecule has 1 aliphatic rings. The smallest absolute Gasteiger partial charge is 0.226 e. The van der Waals surface area contributed by atoms with Gasteiger partial charge in [-0.2, -0.15) is 0 Å². The molecule has 1 saturated heterocycles. The summed E-state index contributed by atoms with van der Waals surface area (Å²) >= 11 is 5.82. The molecule has 3 nitrogen and oxygen atoms in total. The summed E-state index contributed by atoms with van der Waals surface area (Å²) in [5.74, 6) is 0.152. The molecule has 98 valence electrons. The molecule has 1 heterocycles. The molecule has 0 atom stereocenters. The van der Waals surface area contributed by atoms with Crippen molar-refractivity contribution in [1.82, 2.24) is 10.6 Å². The summed E-state index contributed by atoms with van der Waals surface area (Å²) in [6.07, 6.45) is 1.80. The predicted octanol–water partition coefficient (Wildman–Crippen LogP) is 2.35. The lowest BCUT2D eigenvalue weighted by Gasteiger charge is -2.32. The van der Waals surface area contributed by atoms with Gasteiger partial charge in [0.15, 0.2) is 0 Å². The second kappa shape index (κ2) is 5.72. The molecule has 4 heteroatoms. The van der Waals surface area contributed by atoms with E-state index in [4.69, 9.17) is 11.6 Å². The zero-order valence-electron chi connectivity index (χ0n) is 10.6. The van der Waals surface area contributed by atoms with Crippen LogP contribution >= 0.6 is 11.6 Å². The second-order valence-electron chi connectivity index (χ2n) is 5.12. The molecule has 1 aromatic rings. The van der Waals surface area contributed by atoms with Gasteiger partial charge in [-0.15, -0.1) is 0 Å². The SMILES string of the molecule is CC1(C(=O)NCc2ccc(Cl)cc2)CCNCC1. The monoisotopic (exact) mass is 266 g/mol. The van der Waals surface area contributed by atoms with Crippen LogP contribution in [0.2, 0.25) is 5.02 Å². The van der Waals surface area contributed by atoms with Crippen LogP contribution in [0.3, 0.4) is 0 Å². The van der Waals surface area contributed by atoms with Crippen molar-refractivity contribution in [2.24, 2.45) is 5.41 Å². The zero-order valence-corrected chi connectivity index (χ0v) is 11.4. The van der Waals surface area contributed by atoms with E-state index in [0.717, 1.165) is 36.5 Å². The summed E-state index contributed by atoms with van der Waals surface area (Å²) in [6.45, 7) is 4.46. The van der Waals surface area contributed by atoms with Gasteiger partial charge in [0.25, 0.3) is 0 Å². The highest BCUT2D eigenvalue weighted by Crippen LogP contribution is 2.28. The van der Waals surface area contributed by atoms with Crippen LogP contribution in [0.4, 0.5) is 0 Å². The Morgan fingerprint density at radius 1 is 1.33 bits per heavy atom. The van der Waals surface area contributed by atoms with Crippen LogP contribution < -0.4 is 10.6 Å². The van der Waals surface area contributed by atoms with E-state index in [9.17, 15) is 4.79 Å². The number of halogens is 1. The topological polar surface area (TPSA) is 41.1 Å². The lowest BCUT2D eigenvalue weighted by molar-refractivity contribution is -0.131. The zero-order chi connectivity index (χ0) is 13.0. The van der Waals surface area contributed by atoms with Crippen LogP contribution in [0, 0.1) is 5.41 Å². The normalized spacial score (nSPS) is 18.3. The van der Waals surface area contributed by atoms with Crippen LogP contribution in [0.25, 0.3) is 0 Å². The Bertz CT molecular complexity index is 410. The standard InChI is InChI=1S/C14H19ClN2O/c1-14(6-8-16-9-7-14)13(18)17-10-11-2-4-12(15)5-3-11/h2-5,16H,6-10H2,1H3,(H,17,18). The fourth-order valence-corrected chi connectivity index (χ4v) is 2.33. The van der Waals surface area contributed by atoms with E-state index >= 15 is 0 Å². The minimum Gasteiger partial charge on any atom is -0.352 e. The Morgan fingerprint density at radius 2 is 1.94 bits per heavy atom. The van der Waals surface area contributed by atoms with E-state index in [2.05, 4.69) is 10.6 Å². The molecule has 1 aromatic carbocycles. The first kappa shape index (κ1) is 13.4. The summed E-state index contributed by atoms with van der Waals surface area (Å²) in [7, 11) is 0. The average Bonchev–Trinajstić information content (AvgIpc) is 2.38. The fraction of sp³-hybridized carbons (Fsp3) is 0.500. The highest BCUT2D eigenvalue weighted by molar-refractivity contribution is 6.30. The molecule has 0 aromatic heterocycles. The molecule has 0 saturated carbocycles. The van der Waals surface area contributed by atoms with Gasteiger partial charge in [0, 0.05) is 17.0 Å². The number of benzene rings is 1. The lowest BCUT2D eigenvalue weighted by atomic mass is 9.80. The van der Waals surface area contributed by atoms with Gasteiger partial charge < -0.3 is 10.6 Å². The van der Waals surface area contributed by atoms with Crippen molar-refractivity contribution in [3.8, 4) is 0 Å². The van der Waals surface area contributed by atoms with Gasteiger partial charge in [0.1, 0.15) is 0 Å². The first-order valence-electron chi connectivity index (χ1n) is 6.34. The Labute approximate surface area is 113 Å². The van der Waals surface area contributed by atoms with E-state index in [1.807, 2.05) is 31.2 Å². The number of hydrogen-bond donors (Lipinski definition) is 2. The molecular formula is C14H19ClN2O. The summed E-state index contributed by atoms with van der Waals surface area (Å²) < 4.78 is 0. The fourth-order valence-electron chi connectivity index (χ4n) is 2.20. The Morgan fingerprint density at radius 3 is 2.56 bits per heavy atom. The summed E-state index contributed by atoms with van der Waals surface area (Å²) in [5.41, 5.74) is 0.850. The van der Waals surface area contributed by atoms with E-state index < -0.39 is 0 Å². The summed E-state index contributed by atoms with van der Waals surface area (Å²) in [4.78, 5) is 12.2. The van der Waals surface area contributed by atoms with Crippen molar-refractivity contribution in [2.75, 3.05) is 13.1 Å². The first-order valence-corrected chi connectivity index (χ1v) is 6.71. The van der Waals surface area contributed by atoms with Gasteiger partial charge in [-0.3, -0.25) is 4.79 Å².